The number of nitrogens with zero attached hydrogens (tertiary/aromatic N) is 3. The van der Waals surface area contributed by atoms with Crippen molar-refractivity contribution in [2.24, 2.45) is 0 Å². The number of nitrogens with one attached hydrogen (secondary N) is 1. The lowest BCUT2D eigenvalue weighted by atomic mass is 10.6. The molecule has 7 nitrogen and oxygen atoms in total. The van der Waals surface area contributed by atoms with Crippen LogP contribution in [0.15, 0.2) is 4.42 Å². The molecule has 1 heterocycles. The third-order valence-corrected chi connectivity index (χ3v) is 2.32. The first-order valence-electron chi connectivity index (χ1n) is 6.08. The van der Waals surface area contributed by atoms with Crippen LogP contribution in [0, 0.1) is 0 Å². The highest BCUT2D eigenvalue weighted by molar-refractivity contribution is 5.21. The zero-order valence-electron chi connectivity index (χ0n) is 11.3. The number of rotatable bonds is 10. The standard InChI is InChI=1S/C11H22N4O3/c1-4-17-8-6-15(2)11-14-13-10(18-11)9-12-5-7-16-3/h12H,4-9H2,1-3H3. The molecule has 0 saturated heterocycles. The van der Waals surface area contributed by atoms with Crippen LogP contribution in [0.3, 0.4) is 0 Å². The fraction of sp³-hybridized carbons (Fsp3) is 0.818. The largest absolute Gasteiger partial charge is 0.407 e. The Morgan fingerprint density at radius 1 is 1.33 bits per heavy atom. The number of hydrogen-bond donors (Lipinski definition) is 1. The van der Waals surface area contributed by atoms with E-state index in [2.05, 4.69) is 15.5 Å². The minimum atomic E-state index is 0.512. The fourth-order valence-corrected chi connectivity index (χ4v) is 1.28. The lowest BCUT2D eigenvalue weighted by Crippen LogP contribution is -2.22. The number of aromatic nitrogens is 2. The Morgan fingerprint density at radius 2 is 2.17 bits per heavy atom. The molecule has 1 aromatic rings. The third-order valence-electron chi connectivity index (χ3n) is 2.32. The monoisotopic (exact) mass is 258 g/mol. The van der Waals surface area contributed by atoms with E-state index in [1.807, 2.05) is 18.9 Å². The minimum absolute atomic E-state index is 0.512. The summed E-state index contributed by atoms with van der Waals surface area (Å²) in [4.78, 5) is 1.88. The van der Waals surface area contributed by atoms with Crippen molar-refractivity contribution in [3.05, 3.63) is 5.89 Å². The molecular weight excluding hydrogens is 236 g/mol. The lowest BCUT2D eigenvalue weighted by Gasteiger charge is -2.12. The maximum atomic E-state index is 5.50. The molecule has 18 heavy (non-hydrogen) atoms. The summed E-state index contributed by atoms with van der Waals surface area (Å²) < 4.78 is 15.7. The molecule has 1 aromatic heterocycles. The van der Waals surface area contributed by atoms with Crippen molar-refractivity contribution < 1.29 is 13.9 Å². The van der Waals surface area contributed by atoms with E-state index in [9.17, 15) is 0 Å². The summed E-state index contributed by atoms with van der Waals surface area (Å²) in [6.07, 6.45) is 0. The molecule has 0 radical (unpaired) electrons. The summed E-state index contributed by atoms with van der Waals surface area (Å²) in [5.74, 6) is 0.573. The Labute approximate surface area is 107 Å². The van der Waals surface area contributed by atoms with Gasteiger partial charge in [-0.2, -0.15) is 0 Å². The molecule has 0 aliphatic carbocycles. The predicted octanol–water partition coefficient (Wildman–Crippen LogP) is 0.278. The van der Waals surface area contributed by atoms with Gasteiger partial charge >= 0.3 is 6.01 Å². The molecule has 0 aromatic carbocycles. The van der Waals surface area contributed by atoms with Gasteiger partial charge in [0.2, 0.25) is 5.89 Å². The molecule has 1 rings (SSSR count). The number of hydrogen-bond acceptors (Lipinski definition) is 7. The van der Waals surface area contributed by atoms with E-state index in [0.29, 0.717) is 38.3 Å². The molecule has 0 bridgehead atoms. The van der Waals surface area contributed by atoms with Crippen LogP contribution in [0.5, 0.6) is 0 Å². The van der Waals surface area contributed by atoms with Crippen LogP contribution in [0.1, 0.15) is 12.8 Å². The van der Waals surface area contributed by atoms with E-state index in [-0.39, 0.29) is 0 Å². The molecule has 7 heteroatoms. The molecule has 1 N–H and O–H groups in total. The van der Waals surface area contributed by atoms with E-state index in [1.165, 1.54) is 0 Å². The SMILES string of the molecule is CCOCCN(C)c1nnc(CNCCOC)o1. The summed E-state index contributed by atoms with van der Waals surface area (Å²) in [7, 11) is 3.56. The maximum Gasteiger partial charge on any atom is 0.318 e. The van der Waals surface area contributed by atoms with E-state index in [1.54, 1.807) is 7.11 Å². The van der Waals surface area contributed by atoms with Gasteiger partial charge in [0.15, 0.2) is 0 Å². The second-order valence-corrected chi connectivity index (χ2v) is 3.77. The Bertz CT molecular complexity index is 319. The van der Waals surface area contributed by atoms with Gasteiger partial charge < -0.3 is 24.1 Å². The number of likely N-dealkylation sites (N-methyl/N-ethyl adjacent to an activating group) is 1. The zero-order valence-corrected chi connectivity index (χ0v) is 11.3. The van der Waals surface area contributed by atoms with Gasteiger partial charge in [-0.3, -0.25) is 0 Å². The first kappa shape index (κ1) is 14.9. The summed E-state index contributed by atoms with van der Waals surface area (Å²) in [5, 5.41) is 11.1. The van der Waals surface area contributed by atoms with Crippen molar-refractivity contribution in [3.8, 4) is 0 Å². The highest BCUT2D eigenvalue weighted by Crippen LogP contribution is 2.09. The second-order valence-electron chi connectivity index (χ2n) is 3.77. The summed E-state index contributed by atoms with van der Waals surface area (Å²) >= 11 is 0. The van der Waals surface area contributed by atoms with Crippen LogP contribution in [-0.2, 0) is 16.0 Å². The quantitative estimate of drug-likeness (QED) is 0.604. The smallest absolute Gasteiger partial charge is 0.318 e. The number of ether oxygens (including phenoxy) is 2. The van der Waals surface area contributed by atoms with Crippen LogP contribution in [0.4, 0.5) is 6.01 Å². The Balaban J connectivity index is 2.28. The lowest BCUT2D eigenvalue weighted by molar-refractivity contribution is 0.154. The van der Waals surface area contributed by atoms with Gasteiger partial charge in [-0.15, -0.1) is 5.10 Å². The average Bonchev–Trinajstić information content (AvgIpc) is 2.84. The molecular formula is C11H22N4O3. The molecule has 0 aliphatic heterocycles. The highest BCUT2D eigenvalue weighted by atomic mass is 16.5. The molecule has 104 valence electrons. The van der Waals surface area contributed by atoms with Gasteiger partial charge in [-0.1, -0.05) is 5.10 Å². The van der Waals surface area contributed by atoms with Gasteiger partial charge in [-0.05, 0) is 6.92 Å². The van der Waals surface area contributed by atoms with Crippen LogP contribution in [0.25, 0.3) is 0 Å². The molecule has 0 fully saturated rings. The predicted molar refractivity (Wildman–Crippen MR) is 67.6 cm³/mol. The summed E-state index contributed by atoms with van der Waals surface area (Å²) in [6.45, 7) is 6.03. The molecule has 0 spiro atoms. The minimum Gasteiger partial charge on any atom is -0.407 e. The topological polar surface area (TPSA) is 72.7 Å². The highest BCUT2D eigenvalue weighted by Gasteiger charge is 2.09. The fourth-order valence-electron chi connectivity index (χ4n) is 1.28. The van der Waals surface area contributed by atoms with Crippen molar-refractivity contribution in [1.82, 2.24) is 15.5 Å². The molecule has 0 aliphatic rings. The third kappa shape index (κ3) is 5.44. The Kier molecular flexibility index (Phi) is 7.31. The number of anilines is 1. The maximum absolute atomic E-state index is 5.50. The average molecular weight is 258 g/mol. The molecule has 0 saturated carbocycles. The van der Waals surface area contributed by atoms with Crippen molar-refractivity contribution in [1.29, 1.82) is 0 Å². The van der Waals surface area contributed by atoms with E-state index >= 15 is 0 Å². The number of methoxy groups -OCH3 is 1. The van der Waals surface area contributed by atoms with Gasteiger partial charge in [0.1, 0.15) is 0 Å². The van der Waals surface area contributed by atoms with Crippen molar-refractivity contribution in [3.63, 3.8) is 0 Å². The molecule has 0 atom stereocenters. The van der Waals surface area contributed by atoms with Crippen molar-refractivity contribution >= 4 is 6.01 Å². The van der Waals surface area contributed by atoms with Gasteiger partial charge in [0, 0.05) is 33.9 Å². The first-order chi connectivity index (χ1) is 8.77. The van der Waals surface area contributed by atoms with Crippen molar-refractivity contribution in [2.45, 2.75) is 13.5 Å². The van der Waals surface area contributed by atoms with Crippen LogP contribution < -0.4 is 10.2 Å². The van der Waals surface area contributed by atoms with Crippen LogP contribution in [0.2, 0.25) is 0 Å². The molecule has 0 amide bonds. The van der Waals surface area contributed by atoms with Gasteiger partial charge in [0.05, 0.1) is 19.8 Å². The Morgan fingerprint density at radius 3 is 2.89 bits per heavy atom. The zero-order chi connectivity index (χ0) is 13.2. The normalized spacial score (nSPS) is 10.8. The van der Waals surface area contributed by atoms with E-state index in [0.717, 1.165) is 13.1 Å². The van der Waals surface area contributed by atoms with E-state index in [4.69, 9.17) is 13.9 Å². The van der Waals surface area contributed by atoms with Crippen LogP contribution >= 0.6 is 0 Å². The Hall–Kier alpha value is -1.18. The van der Waals surface area contributed by atoms with Gasteiger partial charge in [-0.25, -0.2) is 0 Å². The van der Waals surface area contributed by atoms with Crippen molar-refractivity contribution in [2.75, 3.05) is 52.0 Å². The first-order valence-corrected chi connectivity index (χ1v) is 6.08. The summed E-state index contributed by atoms with van der Waals surface area (Å²) in [6, 6.07) is 0.512. The van der Waals surface area contributed by atoms with Crippen LogP contribution in [-0.4, -0.2) is 57.3 Å². The van der Waals surface area contributed by atoms with Gasteiger partial charge in [0.25, 0.3) is 0 Å². The second kappa shape index (κ2) is 8.84. The van der Waals surface area contributed by atoms with E-state index < -0.39 is 0 Å². The summed E-state index contributed by atoms with van der Waals surface area (Å²) in [5.41, 5.74) is 0. The molecule has 0 unspecified atom stereocenters.